The van der Waals surface area contributed by atoms with E-state index < -0.39 is 0 Å². The van der Waals surface area contributed by atoms with Crippen molar-refractivity contribution in [2.45, 2.75) is 33.1 Å². The number of aryl methyl sites for hydroxylation is 1. The van der Waals surface area contributed by atoms with Crippen LogP contribution in [0.5, 0.6) is 0 Å². The zero-order chi connectivity index (χ0) is 12.7. The number of hydrogen-bond donors (Lipinski definition) is 1. The summed E-state index contributed by atoms with van der Waals surface area (Å²) < 4.78 is 0. The van der Waals surface area contributed by atoms with Crippen molar-refractivity contribution < 1.29 is 4.79 Å². The van der Waals surface area contributed by atoms with Crippen molar-refractivity contribution in [1.82, 2.24) is 0 Å². The van der Waals surface area contributed by atoms with E-state index in [0.29, 0.717) is 5.88 Å². The van der Waals surface area contributed by atoms with Crippen LogP contribution in [-0.4, -0.2) is 11.8 Å². The third kappa shape index (κ3) is 4.39. The highest BCUT2D eigenvalue weighted by Gasteiger charge is 2.13. The molecular formula is C14H20ClNO. The predicted octanol–water partition coefficient (Wildman–Crippen LogP) is 3.84. The summed E-state index contributed by atoms with van der Waals surface area (Å²) in [6, 6.07) is 7.88. The van der Waals surface area contributed by atoms with Crippen LogP contribution < -0.4 is 5.32 Å². The Morgan fingerprint density at radius 3 is 2.29 bits per heavy atom. The van der Waals surface area contributed by atoms with E-state index in [9.17, 15) is 4.79 Å². The van der Waals surface area contributed by atoms with Crippen LogP contribution >= 0.6 is 11.6 Å². The van der Waals surface area contributed by atoms with E-state index in [1.54, 1.807) is 0 Å². The van der Waals surface area contributed by atoms with Gasteiger partial charge in [-0.15, -0.1) is 11.6 Å². The van der Waals surface area contributed by atoms with E-state index in [2.05, 4.69) is 5.32 Å². The lowest BCUT2D eigenvalue weighted by molar-refractivity contribution is -0.120. The molecule has 3 heteroatoms. The molecule has 0 aliphatic carbocycles. The van der Waals surface area contributed by atoms with Gasteiger partial charge < -0.3 is 5.32 Å². The molecule has 2 nitrogen and oxygen atoms in total. The Bertz CT molecular complexity index is 344. The molecule has 0 radical (unpaired) electrons. The number of rotatable bonds is 6. The molecular weight excluding hydrogens is 234 g/mol. The molecule has 1 aromatic rings. The lowest BCUT2D eigenvalue weighted by Crippen LogP contribution is -2.21. The van der Waals surface area contributed by atoms with Crippen molar-refractivity contribution >= 4 is 23.2 Å². The average Bonchev–Trinajstić information content (AvgIpc) is 2.33. The predicted molar refractivity (Wildman–Crippen MR) is 73.6 cm³/mol. The Balaban J connectivity index is 2.59. The highest BCUT2D eigenvalue weighted by molar-refractivity contribution is 6.17. The minimum atomic E-state index is 0.109. The molecule has 1 rings (SSSR count). The number of carbonyl (C=O) groups is 1. The van der Waals surface area contributed by atoms with Crippen molar-refractivity contribution in [2.24, 2.45) is 5.92 Å². The van der Waals surface area contributed by atoms with Gasteiger partial charge in [-0.3, -0.25) is 4.79 Å². The van der Waals surface area contributed by atoms with Crippen LogP contribution in [0.3, 0.4) is 0 Å². The number of nitrogens with one attached hydrogen (secondary N) is 1. The zero-order valence-corrected chi connectivity index (χ0v) is 11.3. The summed E-state index contributed by atoms with van der Waals surface area (Å²) in [6.07, 6.45) is 2.63. The molecule has 0 aliphatic rings. The van der Waals surface area contributed by atoms with Gasteiger partial charge in [-0.05, 0) is 37.0 Å². The molecule has 17 heavy (non-hydrogen) atoms. The molecule has 1 amide bonds. The Kier molecular flexibility index (Phi) is 6.06. The Labute approximate surface area is 108 Å². The zero-order valence-electron chi connectivity index (χ0n) is 10.5. The summed E-state index contributed by atoms with van der Waals surface area (Å²) >= 11 is 5.67. The van der Waals surface area contributed by atoms with Crippen molar-refractivity contribution in [3.63, 3.8) is 0 Å². The lowest BCUT2D eigenvalue weighted by atomic mass is 10.0. The molecule has 0 spiro atoms. The largest absolute Gasteiger partial charge is 0.326 e. The Hall–Kier alpha value is -1.02. The summed E-state index contributed by atoms with van der Waals surface area (Å²) in [5.74, 6) is 0.844. The Morgan fingerprint density at radius 1 is 1.24 bits per heavy atom. The lowest BCUT2D eigenvalue weighted by Gasteiger charge is -2.12. The first-order valence-electron chi connectivity index (χ1n) is 6.17. The first kappa shape index (κ1) is 14.0. The van der Waals surface area contributed by atoms with Gasteiger partial charge in [-0.25, -0.2) is 0 Å². The number of amides is 1. The smallest absolute Gasteiger partial charge is 0.227 e. The maximum absolute atomic E-state index is 11.9. The topological polar surface area (TPSA) is 29.1 Å². The molecule has 0 saturated heterocycles. The molecule has 0 bridgehead atoms. The van der Waals surface area contributed by atoms with Gasteiger partial charge in [0.05, 0.1) is 0 Å². The van der Waals surface area contributed by atoms with Gasteiger partial charge in [-0.1, -0.05) is 26.0 Å². The number of carbonyl (C=O) groups excluding carboxylic acids is 1. The van der Waals surface area contributed by atoms with Gasteiger partial charge >= 0.3 is 0 Å². The second-order valence-electron chi connectivity index (χ2n) is 4.14. The van der Waals surface area contributed by atoms with Crippen LogP contribution in [0.2, 0.25) is 0 Å². The minimum absolute atomic E-state index is 0.109. The van der Waals surface area contributed by atoms with E-state index >= 15 is 0 Å². The number of halogens is 1. The molecule has 0 unspecified atom stereocenters. The van der Waals surface area contributed by atoms with Crippen LogP contribution in [0.15, 0.2) is 24.3 Å². The van der Waals surface area contributed by atoms with Gasteiger partial charge in [0.2, 0.25) is 5.91 Å². The second-order valence-corrected chi connectivity index (χ2v) is 4.52. The summed E-state index contributed by atoms with van der Waals surface area (Å²) in [5.41, 5.74) is 2.06. The molecule has 94 valence electrons. The molecule has 0 heterocycles. The van der Waals surface area contributed by atoms with Crippen LogP contribution in [0.25, 0.3) is 0 Å². The summed E-state index contributed by atoms with van der Waals surface area (Å²) in [5, 5.41) is 2.94. The van der Waals surface area contributed by atoms with Crippen LogP contribution in [0.4, 0.5) is 5.69 Å². The number of hydrogen-bond acceptors (Lipinski definition) is 1. The first-order chi connectivity index (χ1) is 8.21. The van der Waals surface area contributed by atoms with Crippen LogP contribution in [0, 0.1) is 5.92 Å². The van der Waals surface area contributed by atoms with Gasteiger partial charge in [0.1, 0.15) is 0 Å². The normalized spacial score (nSPS) is 10.6. The minimum Gasteiger partial charge on any atom is -0.326 e. The summed E-state index contributed by atoms with van der Waals surface area (Å²) in [6.45, 7) is 4.08. The van der Waals surface area contributed by atoms with Gasteiger partial charge in [-0.2, -0.15) is 0 Å². The van der Waals surface area contributed by atoms with Gasteiger partial charge in [0, 0.05) is 17.5 Å². The van der Waals surface area contributed by atoms with E-state index in [0.717, 1.165) is 24.9 Å². The van der Waals surface area contributed by atoms with Crippen molar-refractivity contribution in [3.05, 3.63) is 29.8 Å². The highest BCUT2D eigenvalue weighted by Crippen LogP contribution is 2.14. The SMILES string of the molecule is CCC(CC)C(=O)Nc1ccc(CCCl)cc1. The first-order valence-corrected chi connectivity index (χ1v) is 6.70. The fraction of sp³-hybridized carbons (Fsp3) is 0.500. The average molecular weight is 254 g/mol. The fourth-order valence-electron chi connectivity index (χ4n) is 1.77. The molecule has 0 saturated carbocycles. The highest BCUT2D eigenvalue weighted by atomic mass is 35.5. The monoisotopic (exact) mass is 253 g/mol. The van der Waals surface area contributed by atoms with E-state index in [1.807, 2.05) is 38.1 Å². The summed E-state index contributed by atoms with van der Waals surface area (Å²) in [7, 11) is 0. The molecule has 0 atom stereocenters. The van der Waals surface area contributed by atoms with Crippen LogP contribution in [0.1, 0.15) is 32.3 Å². The quantitative estimate of drug-likeness (QED) is 0.767. The molecule has 1 aromatic carbocycles. The number of alkyl halides is 1. The van der Waals surface area contributed by atoms with Crippen LogP contribution in [-0.2, 0) is 11.2 Å². The molecule has 0 aliphatic heterocycles. The van der Waals surface area contributed by atoms with E-state index in [4.69, 9.17) is 11.6 Å². The van der Waals surface area contributed by atoms with Crippen molar-refractivity contribution in [2.75, 3.05) is 11.2 Å². The molecule has 0 fully saturated rings. The van der Waals surface area contributed by atoms with E-state index in [1.165, 1.54) is 5.56 Å². The third-order valence-electron chi connectivity index (χ3n) is 2.96. The Morgan fingerprint density at radius 2 is 1.82 bits per heavy atom. The standard InChI is InChI=1S/C14H20ClNO/c1-3-12(4-2)14(17)16-13-7-5-11(6-8-13)9-10-15/h5-8,12H,3-4,9-10H2,1-2H3,(H,16,17). The second kappa shape index (κ2) is 7.33. The third-order valence-corrected chi connectivity index (χ3v) is 3.15. The number of benzene rings is 1. The van der Waals surface area contributed by atoms with E-state index in [-0.39, 0.29) is 11.8 Å². The molecule has 1 N–H and O–H groups in total. The van der Waals surface area contributed by atoms with Crippen molar-refractivity contribution in [1.29, 1.82) is 0 Å². The summed E-state index contributed by atoms with van der Waals surface area (Å²) in [4.78, 5) is 11.9. The number of anilines is 1. The van der Waals surface area contributed by atoms with Gasteiger partial charge in [0.15, 0.2) is 0 Å². The maximum Gasteiger partial charge on any atom is 0.227 e. The maximum atomic E-state index is 11.9. The van der Waals surface area contributed by atoms with Gasteiger partial charge in [0.25, 0.3) is 0 Å². The fourth-order valence-corrected chi connectivity index (χ4v) is 1.99. The molecule has 0 aromatic heterocycles. The van der Waals surface area contributed by atoms with Crippen molar-refractivity contribution in [3.8, 4) is 0 Å².